The molecular formula is C9H17NO. The molecule has 0 aromatic heterocycles. The molecule has 1 atom stereocenters. The third-order valence-corrected chi connectivity index (χ3v) is 2.26. The Morgan fingerprint density at radius 1 is 1.73 bits per heavy atom. The topological polar surface area (TPSA) is 35.2 Å². The van der Waals surface area contributed by atoms with Crippen LogP contribution in [0.15, 0.2) is 11.6 Å². The lowest BCUT2D eigenvalue weighted by atomic mass is 9.95. The molecule has 0 saturated heterocycles. The van der Waals surface area contributed by atoms with Crippen LogP contribution in [-0.4, -0.2) is 19.8 Å². The van der Waals surface area contributed by atoms with Crippen molar-refractivity contribution in [1.29, 1.82) is 0 Å². The quantitative estimate of drug-likeness (QED) is 0.626. The lowest BCUT2D eigenvalue weighted by Gasteiger charge is -2.20. The Morgan fingerprint density at radius 2 is 2.55 bits per heavy atom. The van der Waals surface area contributed by atoms with E-state index in [1.807, 2.05) is 0 Å². The lowest BCUT2D eigenvalue weighted by molar-refractivity contribution is 0.0937. The first kappa shape index (κ1) is 8.75. The van der Waals surface area contributed by atoms with Crippen LogP contribution in [0.2, 0.25) is 0 Å². The summed E-state index contributed by atoms with van der Waals surface area (Å²) < 4.78 is 5.24. The third kappa shape index (κ3) is 2.64. The van der Waals surface area contributed by atoms with E-state index in [2.05, 4.69) is 6.08 Å². The number of rotatable bonds is 3. The Hall–Kier alpha value is -0.340. The number of hydrogen-bond donors (Lipinski definition) is 1. The summed E-state index contributed by atoms with van der Waals surface area (Å²) in [6, 6.07) is 0. The van der Waals surface area contributed by atoms with Crippen LogP contribution in [-0.2, 0) is 4.74 Å². The maximum atomic E-state index is 5.45. The van der Waals surface area contributed by atoms with Crippen molar-refractivity contribution < 1.29 is 4.74 Å². The molecule has 64 valence electrons. The second-order valence-electron chi connectivity index (χ2n) is 3.03. The normalized spacial score (nSPS) is 24.9. The molecule has 0 spiro atoms. The minimum atomic E-state index is 0.455. The smallest absolute Gasteiger partial charge is 0.0608 e. The van der Waals surface area contributed by atoms with Crippen LogP contribution in [0, 0.1) is 0 Å². The summed E-state index contributed by atoms with van der Waals surface area (Å²) in [6.45, 7) is 0.781. The van der Waals surface area contributed by atoms with Gasteiger partial charge in [0.2, 0.25) is 0 Å². The van der Waals surface area contributed by atoms with Crippen LogP contribution < -0.4 is 5.73 Å². The molecule has 0 aliphatic heterocycles. The molecule has 2 N–H and O–H groups in total. The van der Waals surface area contributed by atoms with E-state index in [1.165, 1.54) is 18.4 Å². The average molecular weight is 155 g/mol. The summed E-state index contributed by atoms with van der Waals surface area (Å²) in [4.78, 5) is 0. The molecule has 1 aliphatic rings. The van der Waals surface area contributed by atoms with Gasteiger partial charge < -0.3 is 10.5 Å². The monoisotopic (exact) mass is 155 g/mol. The highest BCUT2D eigenvalue weighted by molar-refractivity contribution is 5.07. The van der Waals surface area contributed by atoms with Gasteiger partial charge in [0, 0.05) is 7.11 Å². The zero-order valence-corrected chi connectivity index (χ0v) is 7.18. The fourth-order valence-electron chi connectivity index (χ4n) is 1.49. The van der Waals surface area contributed by atoms with Crippen LogP contribution in [0.3, 0.4) is 0 Å². The molecule has 0 fully saturated rings. The van der Waals surface area contributed by atoms with Crippen molar-refractivity contribution in [3.8, 4) is 0 Å². The van der Waals surface area contributed by atoms with Gasteiger partial charge in [-0.15, -0.1) is 0 Å². The molecule has 1 rings (SSSR count). The van der Waals surface area contributed by atoms with Gasteiger partial charge in [-0.05, 0) is 32.2 Å². The van der Waals surface area contributed by atoms with E-state index in [-0.39, 0.29) is 0 Å². The Morgan fingerprint density at radius 3 is 3.00 bits per heavy atom. The zero-order chi connectivity index (χ0) is 8.10. The van der Waals surface area contributed by atoms with Gasteiger partial charge in [-0.25, -0.2) is 0 Å². The molecule has 1 unspecified atom stereocenters. The van der Waals surface area contributed by atoms with Crippen molar-refractivity contribution in [3.63, 3.8) is 0 Å². The summed E-state index contributed by atoms with van der Waals surface area (Å²) in [5.74, 6) is 0. The average Bonchev–Trinajstić information content (AvgIpc) is 2.07. The molecular weight excluding hydrogens is 138 g/mol. The summed E-state index contributed by atoms with van der Waals surface area (Å²) in [7, 11) is 1.78. The Bertz CT molecular complexity index is 142. The van der Waals surface area contributed by atoms with Gasteiger partial charge in [-0.2, -0.15) is 0 Å². The van der Waals surface area contributed by atoms with Gasteiger partial charge in [0.15, 0.2) is 0 Å². The summed E-state index contributed by atoms with van der Waals surface area (Å²) >= 11 is 0. The molecule has 1 aliphatic carbocycles. The second-order valence-corrected chi connectivity index (χ2v) is 3.03. The predicted molar refractivity (Wildman–Crippen MR) is 46.4 cm³/mol. The van der Waals surface area contributed by atoms with Crippen LogP contribution in [0.5, 0.6) is 0 Å². The lowest BCUT2D eigenvalue weighted by Crippen LogP contribution is -2.14. The first-order chi connectivity index (χ1) is 5.36. The minimum Gasteiger partial charge on any atom is -0.381 e. The maximum Gasteiger partial charge on any atom is 0.0608 e. The van der Waals surface area contributed by atoms with Crippen LogP contribution >= 0.6 is 0 Å². The van der Waals surface area contributed by atoms with Crippen molar-refractivity contribution in [2.24, 2.45) is 5.73 Å². The van der Waals surface area contributed by atoms with Gasteiger partial charge in [0.25, 0.3) is 0 Å². The molecule has 2 heteroatoms. The fraction of sp³-hybridized carbons (Fsp3) is 0.778. The number of methoxy groups -OCH3 is 1. The van der Waals surface area contributed by atoms with Crippen LogP contribution in [0.1, 0.15) is 25.7 Å². The Kier molecular flexibility index (Phi) is 3.60. The van der Waals surface area contributed by atoms with E-state index in [0.717, 1.165) is 19.4 Å². The van der Waals surface area contributed by atoms with Crippen LogP contribution in [0.4, 0.5) is 0 Å². The van der Waals surface area contributed by atoms with Crippen LogP contribution in [0.25, 0.3) is 0 Å². The molecule has 11 heavy (non-hydrogen) atoms. The highest BCUT2D eigenvalue weighted by atomic mass is 16.5. The fourth-order valence-corrected chi connectivity index (χ4v) is 1.49. The molecule has 0 heterocycles. The maximum absolute atomic E-state index is 5.45. The van der Waals surface area contributed by atoms with Crippen molar-refractivity contribution >= 4 is 0 Å². The predicted octanol–water partition coefficient (Wildman–Crippen LogP) is 1.46. The molecule has 0 aromatic rings. The van der Waals surface area contributed by atoms with Crippen molar-refractivity contribution in [2.45, 2.75) is 31.8 Å². The van der Waals surface area contributed by atoms with Gasteiger partial charge in [0.1, 0.15) is 0 Å². The largest absolute Gasteiger partial charge is 0.381 e. The third-order valence-electron chi connectivity index (χ3n) is 2.26. The van der Waals surface area contributed by atoms with Gasteiger partial charge >= 0.3 is 0 Å². The van der Waals surface area contributed by atoms with E-state index in [4.69, 9.17) is 10.5 Å². The van der Waals surface area contributed by atoms with E-state index in [0.29, 0.717) is 6.10 Å². The molecule has 0 amide bonds. The van der Waals surface area contributed by atoms with Crippen molar-refractivity contribution in [1.82, 2.24) is 0 Å². The standard InChI is InChI=1S/C9H17NO/c1-11-9-4-2-8(3-5-9)6-7-10/h2,9H,3-7,10H2,1H3. The first-order valence-corrected chi connectivity index (χ1v) is 4.27. The number of ether oxygens (including phenoxy) is 1. The highest BCUT2D eigenvalue weighted by Gasteiger charge is 2.12. The number of hydrogen-bond acceptors (Lipinski definition) is 2. The molecule has 2 nitrogen and oxygen atoms in total. The van der Waals surface area contributed by atoms with Gasteiger partial charge in [-0.3, -0.25) is 0 Å². The van der Waals surface area contributed by atoms with Crippen molar-refractivity contribution in [3.05, 3.63) is 11.6 Å². The summed E-state index contributed by atoms with van der Waals surface area (Å²) in [6.07, 6.45) is 7.22. The second kappa shape index (κ2) is 4.52. The molecule has 0 radical (unpaired) electrons. The van der Waals surface area contributed by atoms with E-state index in [1.54, 1.807) is 7.11 Å². The Balaban J connectivity index is 2.31. The number of nitrogens with two attached hydrogens (primary N) is 1. The molecule has 0 saturated carbocycles. The van der Waals surface area contributed by atoms with E-state index >= 15 is 0 Å². The molecule has 0 aromatic carbocycles. The summed E-state index contributed by atoms with van der Waals surface area (Å²) in [5.41, 5.74) is 6.97. The highest BCUT2D eigenvalue weighted by Crippen LogP contribution is 2.21. The molecule has 0 bridgehead atoms. The minimum absolute atomic E-state index is 0.455. The van der Waals surface area contributed by atoms with Gasteiger partial charge in [0.05, 0.1) is 6.10 Å². The van der Waals surface area contributed by atoms with E-state index in [9.17, 15) is 0 Å². The van der Waals surface area contributed by atoms with Gasteiger partial charge in [-0.1, -0.05) is 11.6 Å². The zero-order valence-electron chi connectivity index (χ0n) is 7.18. The SMILES string of the molecule is COC1CC=C(CCN)CC1. The first-order valence-electron chi connectivity index (χ1n) is 4.27. The van der Waals surface area contributed by atoms with E-state index < -0.39 is 0 Å². The van der Waals surface area contributed by atoms with Crippen molar-refractivity contribution in [2.75, 3.05) is 13.7 Å². The Labute approximate surface area is 68.4 Å². The summed E-state index contributed by atoms with van der Waals surface area (Å²) in [5, 5.41) is 0.